The van der Waals surface area contributed by atoms with Crippen molar-refractivity contribution in [3.63, 3.8) is 0 Å². The van der Waals surface area contributed by atoms with E-state index in [1.807, 2.05) is 12.2 Å². The number of allylic oxidation sites excluding steroid dienone is 2. The van der Waals surface area contributed by atoms with Crippen molar-refractivity contribution in [2.24, 2.45) is 11.8 Å². The van der Waals surface area contributed by atoms with Gasteiger partial charge in [0.05, 0.1) is 16.7 Å². The number of imide groups is 1. The summed E-state index contributed by atoms with van der Waals surface area (Å²) >= 11 is 0. The van der Waals surface area contributed by atoms with E-state index in [4.69, 9.17) is 9.47 Å². The van der Waals surface area contributed by atoms with Gasteiger partial charge in [-0.15, -0.1) is 0 Å². The maximum Gasteiger partial charge on any atom is 0.245 e. The van der Waals surface area contributed by atoms with Gasteiger partial charge in [-0.3, -0.25) is 19.3 Å². The van der Waals surface area contributed by atoms with Crippen LogP contribution in [0.2, 0.25) is 0 Å². The second-order valence-corrected chi connectivity index (χ2v) is 10.9. The molecule has 3 heterocycles. The van der Waals surface area contributed by atoms with Crippen LogP contribution in [-0.2, 0) is 24.4 Å². The van der Waals surface area contributed by atoms with Gasteiger partial charge < -0.3 is 14.4 Å². The van der Waals surface area contributed by atoms with Crippen LogP contribution >= 0.6 is 0 Å². The van der Waals surface area contributed by atoms with E-state index in [2.05, 4.69) is 0 Å². The van der Waals surface area contributed by atoms with Gasteiger partial charge in [0.25, 0.3) is 0 Å². The van der Waals surface area contributed by atoms with Gasteiger partial charge >= 0.3 is 0 Å². The smallest absolute Gasteiger partial charge is 0.245 e. The highest BCUT2D eigenvalue weighted by Gasteiger charge is 2.50. The Kier molecular flexibility index (Phi) is 5.85. The molecule has 0 unspecified atom stereocenters. The Morgan fingerprint density at radius 1 is 0.941 bits per heavy atom. The Morgan fingerprint density at radius 2 is 1.53 bits per heavy atom. The fourth-order valence-electron chi connectivity index (χ4n) is 5.06. The maximum atomic E-state index is 13.1. The summed E-state index contributed by atoms with van der Waals surface area (Å²) < 4.78 is 38.6. The molecule has 3 aliphatic heterocycles. The summed E-state index contributed by atoms with van der Waals surface area (Å²) in [6, 6.07) is 3.62. The first-order valence-corrected chi connectivity index (χ1v) is 12.9. The largest absolute Gasteiger partial charge is 0.486 e. The molecule has 1 aliphatic carbocycles. The van der Waals surface area contributed by atoms with Crippen molar-refractivity contribution in [2.45, 2.75) is 30.7 Å². The third kappa shape index (κ3) is 3.76. The van der Waals surface area contributed by atoms with Crippen LogP contribution in [0, 0.1) is 11.8 Å². The van der Waals surface area contributed by atoms with Crippen LogP contribution in [0.4, 0.5) is 0 Å². The minimum absolute atomic E-state index is 0.106. The topological polar surface area (TPSA) is 114 Å². The van der Waals surface area contributed by atoms with Crippen molar-refractivity contribution in [2.75, 3.05) is 39.4 Å². The van der Waals surface area contributed by atoms with Crippen molar-refractivity contribution in [1.82, 2.24) is 14.1 Å². The van der Waals surface area contributed by atoms with Crippen molar-refractivity contribution < 1.29 is 32.3 Å². The summed E-state index contributed by atoms with van der Waals surface area (Å²) in [4.78, 5) is 41.5. The Morgan fingerprint density at radius 3 is 2.15 bits per heavy atom. The normalized spacial score (nSPS) is 25.9. The molecule has 0 spiro atoms. The summed E-state index contributed by atoms with van der Waals surface area (Å²) in [6.07, 6.45) is 4.85. The van der Waals surface area contributed by atoms with Crippen LogP contribution in [-0.4, -0.2) is 85.7 Å². The number of sulfonamides is 1. The van der Waals surface area contributed by atoms with Crippen molar-refractivity contribution in [3.8, 4) is 11.5 Å². The van der Waals surface area contributed by atoms with Gasteiger partial charge in [-0.2, -0.15) is 4.31 Å². The van der Waals surface area contributed by atoms with Crippen LogP contribution < -0.4 is 9.47 Å². The minimum atomic E-state index is -3.78. The molecule has 0 N–H and O–H groups in total. The molecule has 1 aromatic carbocycles. The quantitative estimate of drug-likeness (QED) is 0.450. The first kappa shape index (κ1) is 22.9. The molecule has 10 nitrogen and oxygen atoms in total. The molecular formula is C23H27N3O7S. The second-order valence-electron chi connectivity index (χ2n) is 8.91. The van der Waals surface area contributed by atoms with E-state index in [9.17, 15) is 22.8 Å². The summed E-state index contributed by atoms with van der Waals surface area (Å²) in [6.45, 7) is 2.94. The van der Waals surface area contributed by atoms with Gasteiger partial charge in [0, 0.05) is 32.2 Å². The molecule has 0 bridgehead atoms. The number of rotatable bonds is 4. The SMILES string of the molecule is C[C@@H](C(=O)N1CCN(S(=O)(=O)c2ccc3c(c2)OCCO3)CC1)N1C(=O)[C@H]2CC=CC[C@@H]2C1=O. The van der Waals surface area contributed by atoms with Gasteiger partial charge in [-0.25, -0.2) is 8.42 Å². The predicted octanol–water partition coefficient (Wildman–Crippen LogP) is 0.630. The number of hydrogen-bond acceptors (Lipinski definition) is 7. The van der Waals surface area contributed by atoms with E-state index in [1.54, 1.807) is 13.0 Å². The third-order valence-corrected chi connectivity index (χ3v) is 8.88. The molecule has 0 saturated carbocycles. The number of piperazine rings is 1. The number of amides is 3. The summed E-state index contributed by atoms with van der Waals surface area (Å²) in [7, 11) is -3.78. The molecule has 0 radical (unpaired) electrons. The third-order valence-electron chi connectivity index (χ3n) is 6.99. The Hall–Kier alpha value is -2.92. The molecule has 11 heteroatoms. The molecule has 34 heavy (non-hydrogen) atoms. The Labute approximate surface area is 198 Å². The van der Waals surface area contributed by atoms with Gasteiger partial charge in [-0.05, 0) is 31.9 Å². The van der Waals surface area contributed by atoms with E-state index in [-0.39, 0.29) is 60.6 Å². The van der Waals surface area contributed by atoms with E-state index in [0.29, 0.717) is 37.6 Å². The molecule has 2 fully saturated rings. The lowest BCUT2D eigenvalue weighted by molar-refractivity contribution is -0.151. The van der Waals surface area contributed by atoms with Crippen LogP contribution in [0.15, 0.2) is 35.2 Å². The number of hydrogen-bond donors (Lipinski definition) is 0. The zero-order valence-electron chi connectivity index (χ0n) is 18.9. The number of fused-ring (bicyclic) bond motifs is 2. The van der Waals surface area contributed by atoms with Crippen molar-refractivity contribution >= 4 is 27.7 Å². The summed E-state index contributed by atoms with van der Waals surface area (Å²) in [5.74, 6) is -0.798. The number of nitrogens with zero attached hydrogens (tertiary/aromatic N) is 3. The zero-order valence-corrected chi connectivity index (χ0v) is 19.7. The second kappa shape index (κ2) is 8.70. The fraction of sp³-hybridized carbons (Fsp3) is 0.522. The molecule has 3 atom stereocenters. The molecular weight excluding hydrogens is 462 g/mol. The molecule has 1 aromatic rings. The number of likely N-dealkylation sites (tertiary alicyclic amines) is 1. The number of carbonyl (C=O) groups is 3. The van der Waals surface area contributed by atoms with Crippen molar-refractivity contribution in [1.29, 1.82) is 0 Å². The predicted molar refractivity (Wildman–Crippen MR) is 119 cm³/mol. The lowest BCUT2D eigenvalue weighted by atomic mass is 9.85. The molecule has 5 rings (SSSR count). The maximum absolute atomic E-state index is 13.1. The van der Waals surface area contributed by atoms with Gasteiger partial charge in [0.15, 0.2) is 11.5 Å². The first-order chi connectivity index (χ1) is 16.3. The van der Waals surface area contributed by atoms with Gasteiger partial charge in [-0.1, -0.05) is 12.2 Å². The highest BCUT2D eigenvalue weighted by molar-refractivity contribution is 7.89. The average molecular weight is 490 g/mol. The van der Waals surface area contributed by atoms with E-state index >= 15 is 0 Å². The lowest BCUT2D eigenvalue weighted by Crippen LogP contribution is -2.56. The Bertz CT molecular complexity index is 1130. The lowest BCUT2D eigenvalue weighted by Gasteiger charge is -2.36. The zero-order chi connectivity index (χ0) is 24.0. The highest BCUT2D eigenvalue weighted by atomic mass is 32.2. The monoisotopic (exact) mass is 489 g/mol. The number of carbonyl (C=O) groups excluding carboxylic acids is 3. The van der Waals surface area contributed by atoms with Gasteiger partial charge in [0.2, 0.25) is 27.7 Å². The minimum Gasteiger partial charge on any atom is -0.486 e. The Balaban J connectivity index is 1.24. The molecule has 2 saturated heterocycles. The molecule has 0 aromatic heterocycles. The number of ether oxygens (including phenoxy) is 2. The summed E-state index contributed by atoms with van der Waals surface area (Å²) in [5, 5.41) is 0. The van der Waals surface area contributed by atoms with Crippen LogP contribution in [0.25, 0.3) is 0 Å². The van der Waals surface area contributed by atoms with E-state index in [1.165, 1.54) is 21.3 Å². The molecule has 3 amide bonds. The van der Waals surface area contributed by atoms with Crippen LogP contribution in [0.3, 0.4) is 0 Å². The van der Waals surface area contributed by atoms with Crippen LogP contribution in [0.5, 0.6) is 11.5 Å². The van der Waals surface area contributed by atoms with Gasteiger partial charge in [0.1, 0.15) is 19.3 Å². The van der Waals surface area contributed by atoms with E-state index in [0.717, 1.165) is 4.90 Å². The fourth-order valence-corrected chi connectivity index (χ4v) is 6.50. The molecule has 4 aliphatic rings. The number of benzene rings is 1. The average Bonchev–Trinajstić information content (AvgIpc) is 3.12. The van der Waals surface area contributed by atoms with E-state index < -0.39 is 16.1 Å². The highest BCUT2D eigenvalue weighted by Crippen LogP contribution is 2.36. The summed E-state index contributed by atoms with van der Waals surface area (Å²) in [5.41, 5.74) is 0. The van der Waals surface area contributed by atoms with Crippen molar-refractivity contribution in [3.05, 3.63) is 30.4 Å². The van der Waals surface area contributed by atoms with Crippen LogP contribution in [0.1, 0.15) is 19.8 Å². The first-order valence-electron chi connectivity index (χ1n) is 11.5. The standard InChI is InChI=1S/C23H27N3O7S/c1-15(26-22(28)17-4-2-3-5-18(17)23(26)29)21(27)24-8-10-25(11-9-24)34(30,31)16-6-7-19-20(14-16)33-13-12-32-19/h2-3,6-7,14-15,17-18H,4-5,8-13H2,1H3/t15-,17-,18-/m0/s1. The molecule has 182 valence electrons.